The molecule has 0 unspecified atom stereocenters. The third-order valence-electron chi connectivity index (χ3n) is 4.55. The molecule has 0 bridgehead atoms. The molecule has 138 valence electrons. The molecule has 0 spiro atoms. The summed E-state index contributed by atoms with van der Waals surface area (Å²) in [5.41, 5.74) is 11.1. The van der Waals surface area contributed by atoms with Gasteiger partial charge in [-0.3, -0.25) is 0 Å². The van der Waals surface area contributed by atoms with E-state index in [1.54, 1.807) is 0 Å². The van der Waals surface area contributed by atoms with Gasteiger partial charge in [0.25, 0.3) is 0 Å². The SMILES string of the molecule is CN1CCN(Nc2ncnc(NCc3ccc4c(c3)OCO4)c2N)CC1. The van der Waals surface area contributed by atoms with Gasteiger partial charge in [0.15, 0.2) is 23.1 Å². The summed E-state index contributed by atoms with van der Waals surface area (Å²) in [7, 11) is 2.12. The lowest BCUT2D eigenvalue weighted by Gasteiger charge is -2.32. The first-order chi connectivity index (χ1) is 12.7. The smallest absolute Gasteiger partial charge is 0.231 e. The summed E-state index contributed by atoms with van der Waals surface area (Å²) in [5.74, 6) is 2.76. The molecule has 9 nitrogen and oxygen atoms in total. The van der Waals surface area contributed by atoms with Gasteiger partial charge in [-0.05, 0) is 24.7 Å². The topological polar surface area (TPSA) is 101 Å². The molecule has 4 rings (SSSR count). The van der Waals surface area contributed by atoms with Crippen molar-refractivity contribution in [3.63, 3.8) is 0 Å². The van der Waals surface area contributed by atoms with Crippen molar-refractivity contribution in [3.05, 3.63) is 30.1 Å². The van der Waals surface area contributed by atoms with Crippen LogP contribution in [0.25, 0.3) is 0 Å². The molecule has 0 amide bonds. The minimum atomic E-state index is 0.270. The largest absolute Gasteiger partial charge is 0.454 e. The highest BCUT2D eigenvalue weighted by Gasteiger charge is 2.17. The van der Waals surface area contributed by atoms with E-state index in [1.165, 1.54) is 6.33 Å². The zero-order valence-corrected chi connectivity index (χ0v) is 14.7. The second-order valence-corrected chi connectivity index (χ2v) is 6.43. The van der Waals surface area contributed by atoms with Crippen LogP contribution in [0.3, 0.4) is 0 Å². The van der Waals surface area contributed by atoms with Gasteiger partial charge in [-0.2, -0.15) is 0 Å². The first-order valence-corrected chi connectivity index (χ1v) is 8.62. The van der Waals surface area contributed by atoms with Gasteiger partial charge < -0.3 is 30.8 Å². The predicted molar refractivity (Wildman–Crippen MR) is 99.0 cm³/mol. The molecule has 1 aromatic carbocycles. The average Bonchev–Trinajstić information content (AvgIpc) is 3.12. The Morgan fingerprint density at radius 2 is 1.85 bits per heavy atom. The van der Waals surface area contributed by atoms with E-state index in [2.05, 4.69) is 37.7 Å². The van der Waals surface area contributed by atoms with Gasteiger partial charge in [0.2, 0.25) is 6.79 Å². The van der Waals surface area contributed by atoms with Crippen molar-refractivity contribution in [2.24, 2.45) is 0 Å². The fraction of sp³-hybridized carbons (Fsp3) is 0.412. The Kier molecular flexibility index (Phi) is 4.63. The van der Waals surface area contributed by atoms with Crippen LogP contribution in [0.15, 0.2) is 24.5 Å². The minimum absolute atomic E-state index is 0.270. The highest BCUT2D eigenvalue weighted by molar-refractivity contribution is 5.73. The number of likely N-dealkylation sites (N-methyl/N-ethyl adjacent to an activating group) is 1. The molecule has 1 aromatic heterocycles. The lowest BCUT2D eigenvalue weighted by molar-refractivity contribution is 0.174. The van der Waals surface area contributed by atoms with Crippen molar-refractivity contribution >= 4 is 17.3 Å². The Bertz CT molecular complexity index is 778. The van der Waals surface area contributed by atoms with Gasteiger partial charge >= 0.3 is 0 Å². The summed E-state index contributed by atoms with van der Waals surface area (Å²) in [6, 6.07) is 5.85. The summed E-state index contributed by atoms with van der Waals surface area (Å²) in [4.78, 5) is 10.8. The van der Waals surface area contributed by atoms with Crippen LogP contribution < -0.4 is 25.9 Å². The van der Waals surface area contributed by atoms with Gasteiger partial charge in [-0.1, -0.05) is 6.07 Å². The lowest BCUT2D eigenvalue weighted by atomic mass is 10.2. The van der Waals surface area contributed by atoms with Crippen molar-refractivity contribution in [2.75, 3.05) is 56.5 Å². The van der Waals surface area contributed by atoms with Crippen molar-refractivity contribution in [1.82, 2.24) is 19.9 Å². The van der Waals surface area contributed by atoms with E-state index in [1.807, 2.05) is 18.2 Å². The minimum Gasteiger partial charge on any atom is -0.454 e. The maximum Gasteiger partial charge on any atom is 0.231 e. The second kappa shape index (κ2) is 7.22. The number of hydrogen-bond acceptors (Lipinski definition) is 9. The van der Waals surface area contributed by atoms with Gasteiger partial charge in [0.1, 0.15) is 12.0 Å². The van der Waals surface area contributed by atoms with Crippen molar-refractivity contribution in [1.29, 1.82) is 0 Å². The molecule has 26 heavy (non-hydrogen) atoms. The summed E-state index contributed by atoms with van der Waals surface area (Å²) in [6.07, 6.45) is 1.51. The number of hydrazine groups is 1. The predicted octanol–water partition coefficient (Wildman–Crippen LogP) is 0.974. The van der Waals surface area contributed by atoms with Crippen LogP contribution >= 0.6 is 0 Å². The Balaban J connectivity index is 1.41. The summed E-state index contributed by atoms with van der Waals surface area (Å²) in [6.45, 7) is 4.69. The second-order valence-electron chi connectivity index (χ2n) is 6.43. The van der Waals surface area contributed by atoms with Crippen LogP contribution in [-0.2, 0) is 6.54 Å². The molecule has 0 radical (unpaired) electrons. The van der Waals surface area contributed by atoms with Gasteiger partial charge in [-0.25, -0.2) is 15.0 Å². The molecule has 2 aromatic rings. The highest BCUT2D eigenvalue weighted by Crippen LogP contribution is 2.33. The zero-order chi connectivity index (χ0) is 17.9. The molecule has 0 saturated carbocycles. The first kappa shape index (κ1) is 16.7. The molecular weight excluding hydrogens is 334 g/mol. The Morgan fingerprint density at radius 3 is 2.69 bits per heavy atom. The van der Waals surface area contributed by atoms with E-state index in [9.17, 15) is 0 Å². The van der Waals surface area contributed by atoms with Crippen LogP contribution in [-0.4, -0.2) is 59.9 Å². The number of fused-ring (bicyclic) bond motifs is 1. The molecular formula is C17H23N7O2. The molecule has 0 aliphatic carbocycles. The van der Waals surface area contributed by atoms with Gasteiger partial charge in [0, 0.05) is 32.7 Å². The van der Waals surface area contributed by atoms with Crippen molar-refractivity contribution in [2.45, 2.75) is 6.54 Å². The van der Waals surface area contributed by atoms with E-state index < -0.39 is 0 Å². The Labute approximate surface area is 152 Å². The molecule has 2 aliphatic heterocycles. The maximum atomic E-state index is 6.25. The van der Waals surface area contributed by atoms with E-state index in [4.69, 9.17) is 15.2 Å². The van der Waals surface area contributed by atoms with Gasteiger partial charge in [-0.15, -0.1) is 0 Å². The Hall–Kier alpha value is -2.78. The fourth-order valence-electron chi connectivity index (χ4n) is 2.93. The fourth-order valence-corrected chi connectivity index (χ4v) is 2.93. The van der Waals surface area contributed by atoms with Crippen molar-refractivity contribution in [3.8, 4) is 11.5 Å². The van der Waals surface area contributed by atoms with E-state index in [-0.39, 0.29) is 6.79 Å². The summed E-state index contributed by atoms with van der Waals surface area (Å²) in [5, 5.41) is 5.39. The molecule has 2 aliphatic rings. The number of rotatable bonds is 5. The number of hydrogen-bond donors (Lipinski definition) is 3. The molecule has 1 saturated heterocycles. The summed E-state index contributed by atoms with van der Waals surface area (Å²) >= 11 is 0. The van der Waals surface area contributed by atoms with Gasteiger partial charge in [0.05, 0.1) is 0 Å². The molecule has 4 N–H and O–H groups in total. The van der Waals surface area contributed by atoms with Crippen LogP contribution in [0, 0.1) is 0 Å². The quantitative estimate of drug-likeness (QED) is 0.722. The number of nitrogens with two attached hydrogens (primary N) is 1. The molecule has 3 heterocycles. The number of nitrogens with zero attached hydrogens (tertiary/aromatic N) is 4. The van der Waals surface area contributed by atoms with Crippen LogP contribution in [0.5, 0.6) is 11.5 Å². The van der Waals surface area contributed by atoms with Crippen LogP contribution in [0.2, 0.25) is 0 Å². The number of piperazine rings is 1. The number of anilines is 3. The Morgan fingerprint density at radius 1 is 1.08 bits per heavy atom. The van der Waals surface area contributed by atoms with Crippen LogP contribution in [0.1, 0.15) is 5.56 Å². The normalized spacial score (nSPS) is 17.3. The molecule has 0 atom stereocenters. The third kappa shape index (κ3) is 3.58. The van der Waals surface area contributed by atoms with E-state index in [0.717, 1.165) is 43.2 Å². The monoisotopic (exact) mass is 357 g/mol. The third-order valence-corrected chi connectivity index (χ3v) is 4.55. The number of ether oxygens (including phenoxy) is 2. The van der Waals surface area contributed by atoms with E-state index >= 15 is 0 Å². The number of benzene rings is 1. The standard InChI is InChI=1S/C17H23N7O2/c1-23-4-6-24(7-5-23)22-17-15(18)16(20-10-21-17)19-9-12-2-3-13-14(8-12)26-11-25-13/h2-3,8,10H,4-7,9,11,18H2,1H3,(H2,19,20,21,22). The number of nitrogens with one attached hydrogen (secondary N) is 2. The maximum absolute atomic E-state index is 6.25. The number of aromatic nitrogens is 2. The van der Waals surface area contributed by atoms with Crippen LogP contribution in [0.4, 0.5) is 17.3 Å². The summed E-state index contributed by atoms with van der Waals surface area (Å²) < 4.78 is 10.7. The highest BCUT2D eigenvalue weighted by atomic mass is 16.7. The molecule has 1 fully saturated rings. The van der Waals surface area contributed by atoms with E-state index in [0.29, 0.717) is 23.9 Å². The average molecular weight is 357 g/mol. The lowest BCUT2D eigenvalue weighted by Crippen LogP contribution is -2.47. The molecule has 9 heteroatoms. The zero-order valence-electron chi connectivity index (χ0n) is 14.7. The van der Waals surface area contributed by atoms with Crippen molar-refractivity contribution < 1.29 is 9.47 Å². The number of nitrogen functional groups attached to an aromatic ring is 1. The first-order valence-electron chi connectivity index (χ1n) is 8.62.